The molecule has 0 atom stereocenters. The smallest absolute Gasteiger partial charge is 0.127 e. The Bertz CT molecular complexity index is 362. The van der Waals surface area contributed by atoms with E-state index in [9.17, 15) is 0 Å². The van der Waals surface area contributed by atoms with Crippen molar-refractivity contribution >= 4 is 0 Å². The van der Waals surface area contributed by atoms with E-state index in [-0.39, 0.29) is 5.54 Å². The zero-order chi connectivity index (χ0) is 10.9. The van der Waals surface area contributed by atoms with Gasteiger partial charge in [0.1, 0.15) is 11.5 Å². The molecular weight excluding hydrogens is 192 g/mol. The molecule has 0 unspecified atom stereocenters. The lowest BCUT2D eigenvalue weighted by molar-refractivity contribution is 0.274. The van der Waals surface area contributed by atoms with Gasteiger partial charge in [0.15, 0.2) is 0 Å². The van der Waals surface area contributed by atoms with Crippen LogP contribution in [0.4, 0.5) is 0 Å². The minimum Gasteiger partial charge on any atom is -0.497 e. The second-order valence-corrected chi connectivity index (χ2v) is 3.83. The Kier molecular flexibility index (Phi) is 2.54. The fraction of sp³-hybridized carbons (Fsp3) is 0.455. The summed E-state index contributed by atoms with van der Waals surface area (Å²) in [5.41, 5.74) is 6.95. The Balaban J connectivity index is 2.38. The summed E-state index contributed by atoms with van der Waals surface area (Å²) in [5.74, 6) is 1.57. The first-order chi connectivity index (χ1) is 7.19. The molecule has 0 radical (unpaired) electrons. The molecule has 0 spiro atoms. The molecule has 0 aliphatic carbocycles. The van der Waals surface area contributed by atoms with Crippen LogP contribution in [0, 0.1) is 0 Å². The van der Waals surface area contributed by atoms with E-state index in [1.165, 1.54) is 0 Å². The van der Waals surface area contributed by atoms with Gasteiger partial charge in [0, 0.05) is 24.7 Å². The lowest BCUT2D eigenvalue weighted by Crippen LogP contribution is -2.62. The molecule has 82 valence electrons. The fourth-order valence-corrected chi connectivity index (χ4v) is 1.79. The highest BCUT2D eigenvalue weighted by Crippen LogP contribution is 2.33. The lowest BCUT2D eigenvalue weighted by atomic mass is 9.85. The van der Waals surface area contributed by atoms with Crippen LogP contribution < -0.4 is 20.5 Å². The quantitative estimate of drug-likeness (QED) is 0.757. The molecule has 0 aromatic heterocycles. The summed E-state index contributed by atoms with van der Waals surface area (Å²) in [4.78, 5) is 0. The highest BCUT2D eigenvalue weighted by Gasteiger charge is 2.36. The van der Waals surface area contributed by atoms with Crippen molar-refractivity contribution in [3.8, 4) is 11.5 Å². The van der Waals surface area contributed by atoms with E-state index in [1.54, 1.807) is 14.2 Å². The minimum absolute atomic E-state index is 0.294. The summed E-state index contributed by atoms with van der Waals surface area (Å²) < 4.78 is 10.5. The maximum Gasteiger partial charge on any atom is 0.127 e. The van der Waals surface area contributed by atoms with Crippen molar-refractivity contribution in [3.05, 3.63) is 23.8 Å². The van der Waals surface area contributed by atoms with Crippen molar-refractivity contribution in [3.63, 3.8) is 0 Å². The lowest BCUT2D eigenvalue weighted by Gasteiger charge is -2.40. The van der Waals surface area contributed by atoms with E-state index >= 15 is 0 Å². The van der Waals surface area contributed by atoms with Gasteiger partial charge in [0.25, 0.3) is 0 Å². The molecule has 4 heteroatoms. The fourth-order valence-electron chi connectivity index (χ4n) is 1.79. The molecule has 0 bridgehead atoms. The van der Waals surface area contributed by atoms with E-state index in [4.69, 9.17) is 15.2 Å². The largest absolute Gasteiger partial charge is 0.497 e. The van der Waals surface area contributed by atoms with Gasteiger partial charge in [-0.15, -0.1) is 0 Å². The number of rotatable bonds is 3. The van der Waals surface area contributed by atoms with Gasteiger partial charge in [0.05, 0.1) is 19.8 Å². The van der Waals surface area contributed by atoms with Gasteiger partial charge in [-0.1, -0.05) is 0 Å². The van der Waals surface area contributed by atoms with Crippen molar-refractivity contribution in [2.45, 2.75) is 5.54 Å². The Hall–Kier alpha value is -1.26. The maximum absolute atomic E-state index is 6.21. The first-order valence-corrected chi connectivity index (χ1v) is 4.92. The standard InChI is InChI=1S/C11H16N2O2/c1-14-8-3-4-9(10(5-8)15-2)11(12)6-13-7-11/h3-5,13H,6-7,12H2,1-2H3. The molecule has 3 N–H and O–H groups in total. The van der Waals surface area contributed by atoms with Crippen LogP contribution in [0.25, 0.3) is 0 Å². The van der Waals surface area contributed by atoms with Gasteiger partial charge >= 0.3 is 0 Å². The van der Waals surface area contributed by atoms with E-state index in [2.05, 4.69) is 5.32 Å². The van der Waals surface area contributed by atoms with Crippen molar-refractivity contribution in [1.82, 2.24) is 5.32 Å². The van der Waals surface area contributed by atoms with Crippen molar-refractivity contribution < 1.29 is 9.47 Å². The summed E-state index contributed by atoms with van der Waals surface area (Å²) in [6, 6.07) is 5.74. The topological polar surface area (TPSA) is 56.5 Å². The summed E-state index contributed by atoms with van der Waals surface area (Å²) >= 11 is 0. The molecular formula is C11H16N2O2. The Morgan fingerprint density at radius 2 is 2.00 bits per heavy atom. The predicted octanol–water partition coefficient (Wildman–Crippen LogP) is 0.461. The number of hydrogen-bond donors (Lipinski definition) is 2. The number of nitrogens with two attached hydrogens (primary N) is 1. The molecule has 1 saturated heterocycles. The molecule has 2 rings (SSSR count). The summed E-state index contributed by atoms with van der Waals surface area (Å²) in [6.07, 6.45) is 0. The zero-order valence-corrected chi connectivity index (χ0v) is 9.04. The Morgan fingerprint density at radius 1 is 1.27 bits per heavy atom. The molecule has 1 aromatic carbocycles. The SMILES string of the molecule is COc1ccc(C2(N)CNC2)c(OC)c1. The number of methoxy groups -OCH3 is 2. The number of benzene rings is 1. The third-order valence-corrected chi connectivity index (χ3v) is 2.83. The van der Waals surface area contributed by atoms with Crippen molar-refractivity contribution in [1.29, 1.82) is 0 Å². The van der Waals surface area contributed by atoms with E-state index in [0.29, 0.717) is 0 Å². The summed E-state index contributed by atoms with van der Waals surface area (Å²) in [7, 11) is 3.28. The normalized spacial score (nSPS) is 18.1. The third kappa shape index (κ3) is 1.66. The molecule has 4 nitrogen and oxygen atoms in total. The molecule has 1 fully saturated rings. The maximum atomic E-state index is 6.21. The van der Waals surface area contributed by atoms with Crippen LogP contribution in [-0.4, -0.2) is 27.3 Å². The average Bonchev–Trinajstić information content (AvgIpc) is 2.25. The number of ether oxygens (including phenoxy) is 2. The highest BCUT2D eigenvalue weighted by atomic mass is 16.5. The van der Waals surface area contributed by atoms with Gasteiger partial charge in [0.2, 0.25) is 0 Å². The zero-order valence-electron chi connectivity index (χ0n) is 9.04. The molecule has 0 saturated carbocycles. The van der Waals surface area contributed by atoms with Gasteiger partial charge in [-0.2, -0.15) is 0 Å². The summed E-state index contributed by atoms with van der Waals surface area (Å²) in [6.45, 7) is 1.57. The van der Waals surface area contributed by atoms with Crippen LogP contribution in [0.5, 0.6) is 11.5 Å². The highest BCUT2D eigenvalue weighted by molar-refractivity contribution is 5.46. The molecule has 1 heterocycles. The van der Waals surface area contributed by atoms with Crippen LogP contribution in [0.2, 0.25) is 0 Å². The second kappa shape index (κ2) is 3.72. The summed E-state index contributed by atoms with van der Waals surface area (Å²) in [5, 5.41) is 3.17. The minimum atomic E-state index is -0.294. The second-order valence-electron chi connectivity index (χ2n) is 3.83. The average molecular weight is 208 g/mol. The molecule has 0 amide bonds. The van der Waals surface area contributed by atoms with Gasteiger partial charge in [-0.3, -0.25) is 0 Å². The van der Waals surface area contributed by atoms with E-state index < -0.39 is 0 Å². The predicted molar refractivity (Wildman–Crippen MR) is 58.3 cm³/mol. The van der Waals surface area contributed by atoms with Crippen LogP contribution in [-0.2, 0) is 5.54 Å². The molecule has 1 aromatic rings. The van der Waals surface area contributed by atoms with Crippen LogP contribution >= 0.6 is 0 Å². The monoisotopic (exact) mass is 208 g/mol. The number of hydrogen-bond acceptors (Lipinski definition) is 4. The third-order valence-electron chi connectivity index (χ3n) is 2.83. The van der Waals surface area contributed by atoms with Crippen LogP contribution in [0.3, 0.4) is 0 Å². The van der Waals surface area contributed by atoms with Gasteiger partial charge in [-0.25, -0.2) is 0 Å². The Labute approximate surface area is 89.4 Å². The molecule has 15 heavy (non-hydrogen) atoms. The van der Waals surface area contributed by atoms with Gasteiger partial charge < -0.3 is 20.5 Å². The van der Waals surface area contributed by atoms with Crippen molar-refractivity contribution in [2.75, 3.05) is 27.3 Å². The van der Waals surface area contributed by atoms with Gasteiger partial charge in [-0.05, 0) is 12.1 Å². The Morgan fingerprint density at radius 3 is 2.47 bits per heavy atom. The first-order valence-electron chi connectivity index (χ1n) is 4.92. The first kappa shape index (κ1) is 10.3. The molecule has 1 aliphatic heterocycles. The van der Waals surface area contributed by atoms with E-state index in [1.807, 2.05) is 18.2 Å². The van der Waals surface area contributed by atoms with E-state index in [0.717, 1.165) is 30.2 Å². The van der Waals surface area contributed by atoms with Crippen LogP contribution in [0.1, 0.15) is 5.56 Å². The van der Waals surface area contributed by atoms with Crippen LogP contribution in [0.15, 0.2) is 18.2 Å². The number of nitrogens with one attached hydrogen (secondary N) is 1. The molecule has 1 aliphatic rings. The van der Waals surface area contributed by atoms with Crippen molar-refractivity contribution in [2.24, 2.45) is 5.73 Å².